The SMILES string of the molecule is CCCCCCCCCCCCOS(=O)(=O)O.CCCCCCCCCCCCOS(=O)(=O)O.CCCCCCCCCCCCOS(=O)(=O)O.CCCCCCCCCCCCOS(=O)(=O)O.CCCCCCCCCCCCOS(=O)(=O)O.CCCCCCCCCCCCOS(=O)(=O)O.CCCCCCCCCCCCOS(=O)(=O)O.CCCCCCCCCCCCOS(=O)(=O)[O-].[Na+]. The zero-order chi connectivity index (χ0) is 104. The molecule has 0 aliphatic carbocycles. The first-order valence-corrected chi connectivity index (χ1v) is 64.3. The van der Waals surface area contributed by atoms with Crippen molar-refractivity contribution in [1.29, 1.82) is 0 Å². The van der Waals surface area contributed by atoms with Gasteiger partial charge in [0, 0.05) is 0 Å². The minimum absolute atomic E-state index is 0. The molecule has 0 rings (SSSR count). The molecule has 0 unspecified atom stereocenters. The van der Waals surface area contributed by atoms with Crippen molar-refractivity contribution in [2.45, 2.75) is 569 Å². The van der Waals surface area contributed by atoms with E-state index in [4.69, 9.17) is 31.9 Å². The van der Waals surface area contributed by atoms with Gasteiger partial charge in [-0.3, -0.25) is 36.1 Å². The molecule has 0 aliphatic rings. The van der Waals surface area contributed by atoms with Gasteiger partial charge < -0.3 is 4.55 Å². The summed E-state index contributed by atoms with van der Waals surface area (Å²) in [5.41, 5.74) is 0. The van der Waals surface area contributed by atoms with Gasteiger partial charge >= 0.3 is 102 Å². The van der Waals surface area contributed by atoms with E-state index in [1.165, 1.54) is 360 Å². The third-order valence-electron chi connectivity index (χ3n) is 21.8. The fourth-order valence-corrected chi connectivity index (χ4v) is 16.6. The van der Waals surface area contributed by atoms with E-state index in [9.17, 15) is 71.9 Å². The maximum absolute atomic E-state index is 10.2. The first-order valence-electron chi connectivity index (χ1n) is 53.4. The van der Waals surface area contributed by atoms with Crippen LogP contribution in [-0.2, 0) is 117 Å². The van der Waals surface area contributed by atoms with Gasteiger partial charge in [0.2, 0.25) is 10.4 Å². The Morgan fingerprint density at radius 2 is 0.197 bits per heavy atom. The van der Waals surface area contributed by atoms with Crippen LogP contribution >= 0.6 is 0 Å². The Balaban J connectivity index is -0.000000195. The van der Waals surface area contributed by atoms with E-state index in [0.717, 1.165) is 103 Å². The Bertz CT molecular complexity index is 2650. The second kappa shape index (κ2) is 119. The summed E-state index contributed by atoms with van der Waals surface area (Å²) >= 11 is 0. The monoisotopic (exact) mass is 2150 g/mol. The number of rotatable bonds is 96. The largest absolute Gasteiger partial charge is 1.00 e. The van der Waals surface area contributed by atoms with Crippen LogP contribution in [0.15, 0.2) is 0 Å². The van der Waals surface area contributed by atoms with Crippen LogP contribution in [-0.4, -0.2) is 157 Å². The molecule has 137 heavy (non-hydrogen) atoms. The van der Waals surface area contributed by atoms with Gasteiger partial charge in [0.15, 0.2) is 0 Å². The number of hydrogen-bond donors (Lipinski definition) is 7. The Morgan fingerprint density at radius 3 is 0.263 bits per heavy atom. The molecular formula is C96H207NaO32S8. The summed E-state index contributed by atoms with van der Waals surface area (Å²) in [4.78, 5) is 0. The topological polar surface area (TPSA) is 512 Å². The van der Waals surface area contributed by atoms with Crippen LogP contribution in [0, 0.1) is 0 Å². The summed E-state index contributed by atoms with van der Waals surface area (Å²) in [7, 11) is -34.1. The molecule has 0 aromatic carbocycles. The first kappa shape index (κ1) is 155. The summed E-state index contributed by atoms with van der Waals surface area (Å²) in [5.74, 6) is 0. The van der Waals surface area contributed by atoms with Crippen molar-refractivity contribution < 1.29 is 167 Å². The van der Waals surface area contributed by atoms with Crippen molar-refractivity contribution in [1.82, 2.24) is 0 Å². The average molecular weight is 2150 g/mol. The molecule has 0 aromatic rings. The van der Waals surface area contributed by atoms with Crippen molar-refractivity contribution in [2.24, 2.45) is 0 Å². The molecule has 0 saturated heterocycles. The predicted molar refractivity (Wildman–Crippen MR) is 553 cm³/mol. The zero-order valence-electron chi connectivity index (χ0n) is 87.8. The van der Waals surface area contributed by atoms with Crippen molar-refractivity contribution in [3.63, 3.8) is 0 Å². The summed E-state index contributed by atoms with van der Waals surface area (Å²) in [6.45, 7) is 18.4. The Kier molecular flexibility index (Phi) is 135. The molecule has 0 atom stereocenters. The fourth-order valence-electron chi connectivity index (χ4n) is 14.0. The summed E-state index contributed by atoms with van der Waals surface area (Å²) in [5, 5.41) is 0. The Hall–Kier alpha value is -0.0400. The van der Waals surface area contributed by atoms with Gasteiger partial charge in [-0.1, -0.05) is 518 Å². The van der Waals surface area contributed by atoms with Gasteiger partial charge in [-0.15, -0.1) is 0 Å². The van der Waals surface area contributed by atoms with E-state index in [2.05, 4.69) is 88.9 Å². The summed E-state index contributed by atoms with van der Waals surface area (Å²) in [6.07, 6.45) is 94.7. The molecule has 0 fully saturated rings. The molecule has 832 valence electrons. The van der Waals surface area contributed by atoms with E-state index < -0.39 is 83.2 Å². The summed E-state index contributed by atoms with van der Waals surface area (Å²) < 4.78 is 265. The van der Waals surface area contributed by atoms with E-state index in [-0.39, 0.29) is 82.4 Å². The predicted octanol–water partition coefficient (Wildman–Crippen LogP) is 26.5. The zero-order valence-corrected chi connectivity index (χ0v) is 96.4. The van der Waals surface area contributed by atoms with Gasteiger partial charge in [-0.25, -0.2) is 37.7 Å². The Morgan fingerprint density at radius 1 is 0.131 bits per heavy atom. The minimum Gasteiger partial charge on any atom is -0.726 e. The fraction of sp³-hybridized carbons (Fsp3) is 1.00. The molecule has 0 bridgehead atoms. The van der Waals surface area contributed by atoms with Crippen molar-refractivity contribution in [2.75, 3.05) is 52.9 Å². The maximum atomic E-state index is 10.2. The quantitative estimate of drug-likeness (QED) is 0.0129. The molecule has 0 aromatic heterocycles. The van der Waals surface area contributed by atoms with Crippen LogP contribution in [0.1, 0.15) is 569 Å². The van der Waals surface area contributed by atoms with Crippen LogP contribution in [0.5, 0.6) is 0 Å². The third kappa shape index (κ3) is 195. The van der Waals surface area contributed by atoms with Gasteiger partial charge in [-0.2, -0.15) is 58.9 Å². The van der Waals surface area contributed by atoms with Gasteiger partial charge in [0.1, 0.15) is 0 Å². The minimum atomic E-state index is -4.48. The first-order chi connectivity index (χ1) is 64.5. The van der Waals surface area contributed by atoms with Crippen LogP contribution in [0.4, 0.5) is 0 Å². The van der Waals surface area contributed by atoms with Crippen LogP contribution in [0.3, 0.4) is 0 Å². The average Bonchev–Trinajstić information content (AvgIpc) is 1.03. The van der Waals surface area contributed by atoms with Crippen LogP contribution in [0.25, 0.3) is 0 Å². The molecule has 0 saturated carbocycles. The Labute approximate surface area is 864 Å². The van der Waals surface area contributed by atoms with Crippen molar-refractivity contribution in [3.8, 4) is 0 Å². The molecule has 7 N–H and O–H groups in total. The normalized spacial score (nSPS) is 11.8. The smallest absolute Gasteiger partial charge is 0.726 e. The number of unbranched alkanes of at least 4 members (excludes halogenated alkanes) is 72. The second-order valence-electron chi connectivity index (χ2n) is 35.4. The number of hydrogen-bond acceptors (Lipinski definition) is 25. The molecule has 0 radical (unpaired) electrons. The van der Waals surface area contributed by atoms with E-state index in [1.54, 1.807) is 0 Å². The van der Waals surface area contributed by atoms with Crippen molar-refractivity contribution >= 4 is 83.2 Å². The summed E-state index contributed by atoms with van der Waals surface area (Å²) in [6, 6.07) is 0. The standard InChI is InChI=1S/8C12H26O4S.Na/c8*1-2-3-4-5-6-7-8-9-10-11-12-16-17(13,14)15;/h8*2-12H2,1H3,(H,13,14,15);/q;;;;;;;;+1/p-1. The van der Waals surface area contributed by atoms with E-state index in [1.807, 2.05) is 0 Å². The van der Waals surface area contributed by atoms with Crippen molar-refractivity contribution in [3.05, 3.63) is 0 Å². The van der Waals surface area contributed by atoms with E-state index >= 15 is 0 Å². The maximum Gasteiger partial charge on any atom is 1.00 e. The van der Waals surface area contributed by atoms with Gasteiger partial charge in [0.25, 0.3) is 0 Å². The molecule has 0 heterocycles. The molecular weight excluding hydrogens is 1940 g/mol. The van der Waals surface area contributed by atoms with Crippen LogP contribution < -0.4 is 29.6 Å². The van der Waals surface area contributed by atoms with Crippen LogP contribution in [0.2, 0.25) is 0 Å². The van der Waals surface area contributed by atoms with Gasteiger partial charge in [0.05, 0.1) is 52.9 Å². The third-order valence-corrected chi connectivity index (χ3v) is 25.5. The molecule has 0 aliphatic heterocycles. The van der Waals surface area contributed by atoms with E-state index in [0.29, 0.717) is 51.4 Å². The molecule has 32 nitrogen and oxygen atoms in total. The second-order valence-corrected chi connectivity index (χ2v) is 44.1. The molecule has 41 heteroatoms. The van der Waals surface area contributed by atoms with Gasteiger partial charge in [-0.05, 0) is 51.4 Å². The molecule has 0 amide bonds. The molecule has 0 spiro atoms.